The maximum absolute atomic E-state index is 14.1. The zero-order valence-electron chi connectivity index (χ0n) is 13.5. The molecule has 24 heavy (non-hydrogen) atoms. The summed E-state index contributed by atoms with van der Waals surface area (Å²) in [6.07, 6.45) is 0.229. The van der Waals surface area contributed by atoms with Gasteiger partial charge in [-0.05, 0) is 36.6 Å². The molecule has 0 spiro atoms. The number of aryl methyl sites for hydroxylation is 1. The van der Waals surface area contributed by atoms with Gasteiger partial charge in [-0.2, -0.15) is 4.31 Å². The molecule has 1 aliphatic rings. The molecule has 2 aromatic carbocycles. The van der Waals surface area contributed by atoms with Crippen LogP contribution in [0, 0.1) is 12.7 Å². The van der Waals surface area contributed by atoms with Gasteiger partial charge in [0.05, 0.1) is 6.10 Å². The van der Waals surface area contributed by atoms with Crippen LogP contribution in [-0.4, -0.2) is 32.4 Å². The van der Waals surface area contributed by atoms with E-state index in [-0.39, 0.29) is 17.5 Å². The molecule has 4 nitrogen and oxygen atoms in total. The third-order valence-corrected chi connectivity index (χ3v) is 6.00. The van der Waals surface area contributed by atoms with Gasteiger partial charge in [0.15, 0.2) is 0 Å². The van der Waals surface area contributed by atoms with Crippen molar-refractivity contribution in [3.05, 3.63) is 65.5 Å². The largest absolute Gasteiger partial charge is 0.372 e. The summed E-state index contributed by atoms with van der Waals surface area (Å²) < 4.78 is 47.1. The third-order valence-electron chi connectivity index (χ3n) is 4.12. The second-order valence-electron chi connectivity index (χ2n) is 5.92. The van der Waals surface area contributed by atoms with Gasteiger partial charge in [-0.3, -0.25) is 0 Å². The third kappa shape index (κ3) is 3.50. The molecule has 1 unspecified atom stereocenters. The Labute approximate surface area is 141 Å². The first-order valence-corrected chi connectivity index (χ1v) is 9.35. The number of hydrogen-bond acceptors (Lipinski definition) is 3. The van der Waals surface area contributed by atoms with E-state index in [1.165, 1.54) is 16.4 Å². The number of hydrogen-bond donors (Lipinski definition) is 0. The summed E-state index contributed by atoms with van der Waals surface area (Å²) in [5.41, 5.74) is 1.63. The molecule has 6 heteroatoms. The van der Waals surface area contributed by atoms with Crippen molar-refractivity contribution in [2.75, 3.05) is 19.7 Å². The van der Waals surface area contributed by atoms with Crippen molar-refractivity contribution in [1.29, 1.82) is 0 Å². The Morgan fingerprint density at radius 3 is 2.67 bits per heavy atom. The van der Waals surface area contributed by atoms with E-state index < -0.39 is 15.8 Å². The van der Waals surface area contributed by atoms with Crippen LogP contribution in [0.3, 0.4) is 0 Å². The number of benzene rings is 2. The normalized spacial score (nSPS) is 19.8. The van der Waals surface area contributed by atoms with Gasteiger partial charge in [0.25, 0.3) is 0 Å². The molecule has 1 aliphatic heterocycles. The first-order valence-electron chi connectivity index (χ1n) is 7.91. The van der Waals surface area contributed by atoms with E-state index in [1.54, 1.807) is 13.0 Å². The van der Waals surface area contributed by atoms with Crippen molar-refractivity contribution in [1.82, 2.24) is 4.31 Å². The highest BCUT2D eigenvalue weighted by molar-refractivity contribution is 7.89. The summed E-state index contributed by atoms with van der Waals surface area (Å²) >= 11 is 0. The lowest BCUT2D eigenvalue weighted by atomic mass is 10.1. The lowest BCUT2D eigenvalue weighted by Crippen LogP contribution is -2.34. The average molecular weight is 349 g/mol. The van der Waals surface area contributed by atoms with Gasteiger partial charge in [0.2, 0.25) is 10.0 Å². The van der Waals surface area contributed by atoms with E-state index in [9.17, 15) is 12.8 Å². The van der Waals surface area contributed by atoms with Gasteiger partial charge < -0.3 is 4.74 Å². The van der Waals surface area contributed by atoms with Crippen molar-refractivity contribution in [3.8, 4) is 0 Å². The fraction of sp³-hybridized carbons (Fsp3) is 0.333. The Balaban J connectivity index is 1.93. The molecular formula is C18H20FNO3S. The predicted molar refractivity (Wildman–Crippen MR) is 89.6 cm³/mol. The highest BCUT2D eigenvalue weighted by Gasteiger charge is 2.31. The van der Waals surface area contributed by atoms with Crippen LogP contribution in [0.4, 0.5) is 4.39 Å². The van der Waals surface area contributed by atoms with Crippen LogP contribution < -0.4 is 0 Å². The number of nitrogens with zero attached hydrogens (tertiary/aromatic N) is 1. The molecule has 0 aliphatic carbocycles. The van der Waals surface area contributed by atoms with Crippen LogP contribution in [0.1, 0.15) is 23.7 Å². The van der Waals surface area contributed by atoms with Crippen LogP contribution in [0.25, 0.3) is 0 Å². The van der Waals surface area contributed by atoms with Crippen LogP contribution in [0.5, 0.6) is 0 Å². The first kappa shape index (κ1) is 17.1. The number of halogens is 1. The van der Waals surface area contributed by atoms with E-state index in [0.717, 1.165) is 5.56 Å². The molecule has 1 atom stereocenters. The number of rotatable bonds is 3. The molecule has 1 saturated heterocycles. The molecule has 0 radical (unpaired) electrons. The molecule has 0 saturated carbocycles. The smallest absolute Gasteiger partial charge is 0.246 e. The Morgan fingerprint density at radius 1 is 1.17 bits per heavy atom. The summed E-state index contributed by atoms with van der Waals surface area (Å²) in [5, 5.41) is 0. The molecule has 1 fully saturated rings. The molecule has 128 valence electrons. The number of sulfonamides is 1. The molecule has 0 bridgehead atoms. The van der Waals surface area contributed by atoms with Crippen LogP contribution in [0.2, 0.25) is 0 Å². The molecule has 0 aromatic heterocycles. The monoisotopic (exact) mass is 349 g/mol. The topological polar surface area (TPSA) is 46.6 Å². The molecule has 0 amide bonds. The molecule has 3 rings (SSSR count). The van der Waals surface area contributed by atoms with E-state index >= 15 is 0 Å². The number of ether oxygens (including phenoxy) is 1. The highest BCUT2D eigenvalue weighted by Crippen LogP contribution is 2.27. The molecule has 2 aromatic rings. The van der Waals surface area contributed by atoms with E-state index in [1.807, 2.05) is 30.3 Å². The Bertz CT molecular complexity index is 808. The molecule has 1 heterocycles. The maximum atomic E-state index is 14.1. The minimum atomic E-state index is -3.90. The van der Waals surface area contributed by atoms with Crippen molar-refractivity contribution >= 4 is 10.0 Å². The maximum Gasteiger partial charge on any atom is 0.246 e. The standard InChI is InChI=1S/C18H20FNO3S/c1-14-8-9-16(19)18(12-14)24(21,22)20-10-5-11-23-17(13-20)15-6-3-2-4-7-15/h2-4,6-9,12,17H,5,10-11,13H2,1H3. The molecular weight excluding hydrogens is 329 g/mol. The summed E-state index contributed by atoms with van der Waals surface area (Å²) in [6.45, 7) is 2.72. The summed E-state index contributed by atoms with van der Waals surface area (Å²) in [5.74, 6) is -0.720. The first-order chi connectivity index (χ1) is 11.5. The van der Waals surface area contributed by atoms with Crippen molar-refractivity contribution in [3.63, 3.8) is 0 Å². The van der Waals surface area contributed by atoms with Gasteiger partial charge in [-0.1, -0.05) is 36.4 Å². The Kier molecular flexibility index (Phi) is 4.99. The van der Waals surface area contributed by atoms with E-state index in [4.69, 9.17) is 4.74 Å². The zero-order chi connectivity index (χ0) is 17.2. The fourth-order valence-corrected chi connectivity index (χ4v) is 4.46. The SMILES string of the molecule is Cc1ccc(F)c(S(=O)(=O)N2CCCOC(c3ccccc3)C2)c1. The minimum Gasteiger partial charge on any atom is -0.372 e. The van der Waals surface area contributed by atoms with Gasteiger partial charge in [0, 0.05) is 19.7 Å². The minimum absolute atomic E-state index is 0.180. The van der Waals surface area contributed by atoms with Crippen molar-refractivity contribution in [2.45, 2.75) is 24.3 Å². The van der Waals surface area contributed by atoms with Crippen LogP contribution in [-0.2, 0) is 14.8 Å². The quantitative estimate of drug-likeness (QED) is 0.854. The highest BCUT2D eigenvalue weighted by atomic mass is 32.2. The Morgan fingerprint density at radius 2 is 1.92 bits per heavy atom. The van der Waals surface area contributed by atoms with Crippen LogP contribution >= 0.6 is 0 Å². The van der Waals surface area contributed by atoms with Gasteiger partial charge in [-0.25, -0.2) is 12.8 Å². The predicted octanol–water partition coefficient (Wildman–Crippen LogP) is 3.29. The lowest BCUT2D eigenvalue weighted by Gasteiger charge is -2.24. The van der Waals surface area contributed by atoms with Crippen molar-refractivity contribution < 1.29 is 17.5 Å². The van der Waals surface area contributed by atoms with Gasteiger partial charge in [0.1, 0.15) is 10.7 Å². The van der Waals surface area contributed by atoms with Crippen LogP contribution in [0.15, 0.2) is 53.4 Å². The van der Waals surface area contributed by atoms with Crippen molar-refractivity contribution in [2.24, 2.45) is 0 Å². The lowest BCUT2D eigenvalue weighted by molar-refractivity contribution is 0.0613. The molecule has 0 N–H and O–H groups in total. The second-order valence-corrected chi connectivity index (χ2v) is 7.83. The fourth-order valence-electron chi connectivity index (χ4n) is 2.83. The second kappa shape index (κ2) is 7.01. The van der Waals surface area contributed by atoms with Gasteiger partial charge in [-0.15, -0.1) is 0 Å². The summed E-state index contributed by atoms with van der Waals surface area (Å²) in [4.78, 5) is -0.267. The van der Waals surface area contributed by atoms with Gasteiger partial charge >= 0.3 is 0 Å². The summed E-state index contributed by atoms with van der Waals surface area (Å²) in [7, 11) is -3.90. The van der Waals surface area contributed by atoms with E-state index in [2.05, 4.69) is 0 Å². The average Bonchev–Trinajstić information content (AvgIpc) is 2.84. The zero-order valence-corrected chi connectivity index (χ0v) is 14.3. The summed E-state index contributed by atoms with van der Waals surface area (Å²) in [6, 6.07) is 13.6. The van der Waals surface area contributed by atoms with E-state index in [0.29, 0.717) is 25.1 Å². The Hall–Kier alpha value is -1.76.